The monoisotopic (exact) mass is 369 g/mol. The molecular formula is C21H27N3O3. The van der Waals surface area contributed by atoms with Crippen molar-refractivity contribution in [3.63, 3.8) is 0 Å². The minimum atomic E-state index is 0.264. The number of likely N-dealkylation sites (tertiary alicyclic amines) is 1. The van der Waals surface area contributed by atoms with Gasteiger partial charge >= 0.3 is 0 Å². The van der Waals surface area contributed by atoms with E-state index in [0.717, 1.165) is 50.2 Å². The van der Waals surface area contributed by atoms with E-state index in [9.17, 15) is 4.79 Å². The van der Waals surface area contributed by atoms with Crippen molar-refractivity contribution in [3.8, 4) is 0 Å². The van der Waals surface area contributed by atoms with E-state index >= 15 is 0 Å². The van der Waals surface area contributed by atoms with Gasteiger partial charge in [-0.25, -0.2) is 0 Å². The molecule has 0 atom stereocenters. The molecule has 1 aliphatic carbocycles. The van der Waals surface area contributed by atoms with Gasteiger partial charge in [0.15, 0.2) is 5.82 Å². The molecule has 1 aromatic carbocycles. The van der Waals surface area contributed by atoms with Crippen LogP contribution in [0.1, 0.15) is 61.7 Å². The summed E-state index contributed by atoms with van der Waals surface area (Å²) in [5, 5.41) is 4.14. The Bertz CT molecular complexity index is 732. The summed E-state index contributed by atoms with van der Waals surface area (Å²) in [7, 11) is 0. The average Bonchev–Trinajstić information content (AvgIpc) is 3.41. The number of hydrogen-bond donors (Lipinski definition) is 0. The second kappa shape index (κ2) is 8.65. The lowest BCUT2D eigenvalue weighted by Gasteiger charge is -2.32. The SMILES string of the molecule is O=C(C1CCCC1)N1CCC(c2noc(COCc3ccccc3)n2)CC1. The van der Waals surface area contributed by atoms with Crippen molar-refractivity contribution in [2.24, 2.45) is 5.92 Å². The first-order valence-electron chi connectivity index (χ1n) is 10.0. The van der Waals surface area contributed by atoms with Gasteiger partial charge in [0.05, 0.1) is 6.61 Å². The van der Waals surface area contributed by atoms with Crippen molar-refractivity contribution in [1.29, 1.82) is 0 Å². The van der Waals surface area contributed by atoms with Crippen molar-refractivity contribution in [2.75, 3.05) is 13.1 Å². The third-order valence-corrected chi connectivity index (χ3v) is 5.70. The minimum absolute atomic E-state index is 0.264. The maximum atomic E-state index is 12.5. The fraction of sp³-hybridized carbons (Fsp3) is 0.571. The summed E-state index contributed by atoms with van der Waals surface area (Å²) in [4.78, 5) is 19.1. The van der Waals surface area contributed by atoms with E-state index in [1.165, 1.54) is 12.8 Å². The number of ether oxygens (including phenoxy) is 1. The second-order valence-electron chi connectivity index (χ2n) is 7.61. The van der Waals surface area contributed by atoms with Crippen LogP contribution in [0.25, 0.3) is 0 Å². The number of benzene rings is 1. The van der Waals surface area contributed by atoms with Gasteiger partial charge in [0.2, 0.25) is 5.91 Å². The van der Waals surface area contributed by atoms with Gasteiger partial charge in [0.25, 0.3) is 5.89 Å². The molecule has 2 aliphatic rings. The van der Waals surface area contributed by atoms with Crippen molar-refractivity contribution < 1.29 is 14.1 Å². The number of carbonyl (C=O) groups excluding carboxylic acids is 1. The zero-order valence-corrected chi connectivity index (χ0v) is 15.7. The lowest BCUT2D eigenvalue weighted by Crippen LogP contribution is -2.40. The Hall–Kier alpha value is -2.21. The van der Waals surface area contributed by atoms with Crippen molar-refractivity contribution in [2.45, 2.75) is 57.7 Å². The molecule has 4 rings (SSSR count). The zero-order valence-electron chi connectivity index (χ0n) is 15.7. The largest absolute Gasteiger partial charge is 0.367 e. The maximum Gasteiger partial charge on any atom is 0.252 e. The van der Waals surface area contributed by atoms with Crippen molar-refractivity contribution >= 4 is 5.91 Å². The van der Waals surface area contributed by atoms with Gasteiger partial charge in [0, 0.05) is 24.9 Å². The maximum absolute atomic E-state index is 12.5. The number of hydrogen-bond acceptors (Lipinski definition) is 5. The number of nitrogens with zero attached hydrogens (tertiary/aromatic N) is 3. The van der Waals surface area contributed by atoms with Crippen LogP contribution in [-0.2, 0) is 22.7 Å². The third kappa shape index (κ3) is 4.56. The lowest BCUT2D eigenvalue weighted by molar-refractivity contribution is -0.136. The molecule has 1 aromatic heterocycles. The van der Waals surface area contributed by atoms with Crippen LogP contribution in [0.3, 0.4) is 0 Å². The summed E-state index contributed by atoms with van der Waals surface area (Å²) >= 11 is 0. The fourth-order valence-electron chi connectivity index (χ4n) is 4.11. The minimum Gasteiger partial charge on any atom is -0.367 e. The molecular weight excluding hydrogens is 342 g/mol. The summed E-state index contributed by atoms with van der Waals surface area (Å²) in [6.07, 6.45) is 6.34. The van der Waals surface area contributed by atoms with Crippen LogP contribution in [0, 0.1) is 5.92 Å². The Kier molecular flexibility index (Phi) is 5.82. The van der Waals surface area contributed by atoms with E-state index in [4.69, 9.17) is 9.26 Å². The fourth-order valence-corrected chi connectivity index (χ4v) is 4.11. The first-order valence-corrected chi connectivity index (χ1v) is 10.0. The standard InChI is InChI=1S/C21H27N3O3/c25-21(18-8-4-5-9-18)24-12-10-17(11-13-24)20-22-19(27-23-20)15-26-14-16-6-2-1-3-7-16/h1-3,6-7,17-18H,4-5,8-15H2. The Labute approximate surface area is 159 Å². The van der Waals surface area contributed by atoms with Gasteiger partial charge in [-0.2, -0.15) is 4.98 Å². The molecule has 0 spiro atoms. The van der Waals surface area contributed by atoms with Gasteiger partial charge in [-0.1, -0.05) is 48.3 Å². The molecule has 6 nitrogen and oxygen atoms in total. The Morgan fingerprint density at radius 3 is 2.56 bits per heavy atom. The first-order chi connectivity index (χ1) is 13.3. The summed E-state index contributed by atoms with van der Waals surface area (Å²) in [5.74, 6) is 2.16. The third-order valence-electron chi connectivity index (χ3n) is 5.70. The first kappa shape index (κ1) is 18.2. The molecule has 0 radical (unpaired) electrons. The summed E-state index contributed by atoms with van der Waals surface area (Å²) in [5.41, 5.74) is 1.12. The topological polar surface area (TPSA) is 68.5 Å². The molecule has 0 unspecified atom stereocenters. The van der Waals surface area contributed by atoms with Crippen LogP contribution < -0.4 is 0 Å². The molecule has 1 amide bonds. The average molecular weight is 369 g/mol. The van der Waals surface area contributed by atoms with Crippen LogP contribution in [-0.4, -0.2) is 34.0 Å². The van der Waals surface area contributed by atoms with Crippen LogP contribution in [0.4, 0.5) is 0 Å². The van der Waals surface area contributed by atoms with Crippen LogP contribution in [0.5, 0.6) is 0 Å². The van der Waals surface area contributed by atoms with Gasteiger partial charge in [-0.3, -0.25) is 4.79 Å². The summed E-state index contributed by atoms with van der Waals surface area (Å²) in [6, 6.07) is 10.0. The highest BCUT2D eigenvalue weighted by Gasteiger charge is 2.31. The predicted molar refractivity (Wildman–Crippen MR) is 99.7 cm³/mol. The Morgan fingerprint density at radius 2 is 1.81 bits per heavy atom. The van der Waals surface area contributed by atoms with Gasteiger partial charge in [-0.05, 0) is 31.2 Å². The number of aromatic nitrogens is 2. The quantitative estimate of drug-likeness (QED) is 0.777. The van der Waals surface area contributed by atoms with Crippen molar-refractivity contribution in [1.82, 2.24) is 15.0 Å². The molecule has 144 valence electrons. The van der Waals surface area contributed by atoms with E-state index in [0.29, 0.717) is 25.0 Å². The van der Waals surface area contributed by atoms with E-state index in [1.807, 2.05) is 35.2 Å². The Balaban J connectivity index is 1.24. The van der Waals surface area contributed by atoms with Crippen molar-refractivity contribution in [3.05, 3.63) is 47.6 Å². The molecule has 6 heteroatoms. The molecule has 2 heterocycles. The Morgan fingerprint density at radius 1 is 1.07 bits per heavy atom. The zero-order chi connectivity index (χ0) is 18.5. The number of amides is 1. The summed E-state index contributed by atoms with van der Waals surface area (Å²) in [6.45, 7) is 2.45. The molecule has 0 N–H and O–H groups in total. The van der Waals surface area contributed by atoms with Gasteiger partial charge in [-0.15, -0.1) is 0 Å². The number of carbonyl (C=O) groups is 1. The van der Waals surface area contributed by atoms with E-state index in [1.54, 1.807) is 0 Å². The molecule has 2 aromatic rings. The highest BCUT2D eigenvalue weighted by molar-refractivity contribution is 5.79. The molecule has 1 aliphatic heterocycles. The van der Waals surface area contributed by atoms with E-state index in [2.05, 4.69) is 10.1 Å². The molecule has 27 heavy (non-hydrogen) atoms. The molecule has 0 bridgehead atoms. The van der Waals surface area contributed by atoms with Gasteiger partial charge < -0.3 is 14.2 Å². The predicted octanol–water partition coefficient (Wildman–Crippen LogP) is 3.68. The second-order valence-corrected chi connectivity index (χ2v) is 7.61. The van der Waals surface area contributed by atoms with E-state index < -0.39 is 0 Å². The van der Waals surface area contributed by atoms with E-state index in [-0.39, 0.29) is 11.8 Å². The van der Waals surface area contributed by atoms with Crippen LogP contribution in [0.15, 0.2) is 34.9 Å². The molecule has 2 fully saturated rings. The number of piperidine rings is 1. The normalized spacial score (nSPS) is 18.9. The highest BCUT2D eigenvalue weighted by Crippen LogP contribution is 2.30. The van der Waals surface area contributed by atoms with Crippen LogP contribution >= 0.6 is 0 Å². The summed E-state index contributed by atoms with van der Waals surface area (Å²) < 4.78 is 11.0. The molecule has 1 saturated heterocycles. The van der Waals surface area contributed by atoms with Crippen LogP contribution in [0.2, 0.25) is 0 Å². The smallest absolute Gasteiger partial charge is 0.252 e. The lowest BCUT2D eigenvalue weighted by atomic mass is 9.95. The highest BCUT2D eigenvalue weighted by atomic mass is 16.5. The molecule has 1 saturated carbocycles. The van der Waals surface area contributed by atoms with Gasteiger partial charge in [0.1, 0.15) is 6.61 Å². The number of rotatable bonds is 6.